The normalized spacial score (nSPS) is 11.2. The summed E-state index contributed by atoms with van der Waals surface area (Å²) in [6, 6.07) is 13.4. The Morgan fingerprint density at radius 2 is 2.03 bits per heavy atom. The number of aliphatic imine (C=N–C) groups is 1. The number of pyridine rings is 1. The van der Waals surface area contributed by atoms with Crippen molar-refractivity contribution in [2.24, 2.45) is 10.7 Å². The number of hydrogen-bond donors (Lipinski definition) is 3. The van der Waals surface area contributed by atoms with Crippen molar-refractivity contribution >= 4 is 29.0 Å². The van der Waals surface area contributed by atoms with E-state index in [0.29, 0.717) is 36.2 Å². The number of carbonyl (C=O) groups is 1. The number of nitrogens with one attached hydrogen (secondary N) is 2. The summed E-state index contributed by atoms with van der Waals surface area (Å²) in [6.45, 7) is 0.405. The molecule has 1 amide bonds. The monoisotopic (exact) mass is 443 g/mol. The van der Waals surface area contributed by atoms with Crippen LogP contribution in [0.4, 0.5) is 4.39 Å². The third kappa shape index (κ3) is 5.09. The van der Waals surface area contributed by atoms with Gasteiger partial charge in [0.2, 0.25) is 0 Å². The third-order valence-electron chi connectivity index (χ3n) is 5.08. The predicted molar refractivity (Wildman–Crippen MR) is 126 cm³/mol. The van der Waals surface area contributed by atoms with Crippen LogP contribution in [0.15, 0.2) is 72.2 Å². The second-order valence-electron chi connectivity index (χ2n) is 7.32. The number of halogens is 1. The number of hydrogen-bond acceptors (Lipinski definition) is 4. The molecule has 0 spiro atoms. The second-order valence-corrected chi connectivity index (χ2v) is 7.32. The van der Waals surface area contributed by atoms with Gasteiger partial charge >= 0.3 is 0 Å². The highest BCUT2D eigenvalue weighted by Crippen LogP contribution is 2.28. The van der Waals surface area contributed by atoms with E-state index in [1.807, 2.05) is 22.9 Å². The molecule has 0 radical (unpaired) electrons. The van der Waals surface area contributed by atoms with Crippen LogP contribution in [-0.2, 0) is 0 Å². The van der Waals surface area contributed by atoms with Crippen LogP contribution >= 0.6 is 0 Å². The van der Waals surface area contributed by atoms with Gasteiger partial charge in [-0.25, -0.2) is 19.4 Å². The lowest BCUT2D eigenvalue weighted by Gasteiger charge is -2.12. The molecule has 0 aliphatic carbocycles. The molecule has 0 fully saturated rings. The average Bonchev–Trinajstić information content (AvgIpc) is 3.36. The Bertz CT molecular complexity index is 1310. The number of aromatic nitrogens is 3. The fourth-order valence-electron chi connectivity index (χ4n) is 3.45. The summed E-state index contributed by atoms with van der Waals surface area (Å²) >= 11 is 0. The summed E-state index contributed by atoms with van der Waals surface area (Å²) in [5, 5.41) is 11.3. The number of fused-ring (bicyclic) bond motifs is 1. The minimum atomic E-state index is -0.321. The van der Waals surface area contributed by atoms with Crippen molar-refractivity contribution in [3.63, 3.8) is 0 Å². The maximum absolute atomic E-state index is 13.4. The van der Waals surface area contributed by atoms with E-state index in [0.717, 1.165) is 23.0 Å². The largest absolute Gasteiger partial charge is 0.390 e. The minimum absolute atomic E-state index is 0.169. The summed E-state index contributed by atoms with van der Waals surface area (Å²) in [5.41, 5.74) is 8.54. The van der Waals surface area contributed by atoms with Gasteiger partial charge in [0.1, 0.15) is 11.7 Å². The van der Waals surface area contributed by atoms with Crippen LogP contribution in [0, 0.1) is 11.2 Å². The van der Waals surface area contributed by atoms with Crippen molar-refractivity contribution in [1.82, 2.24) is 19.9 Å². The summed E-state index contributed by atoms with van der Waals surface area (Å²) in [6.07, 6.45) is 7.29. The van der Waals surface area contributed by atoms with Crippen LogP contribution in [0.3, 0.4) is 0 Å². The Labute approximate surface area is 189 Å². The number of rotatable bonds is 7. The van der Waals surface area contributed by atoms with Gasteiger partial charge in [-0.15, -0.1) is 0 Å². The Balaban J connectivity index is 1.63. The van der Waals surface area contributed by atoms with E-state index < -0.39 is 0 Å². The number of amidine groups is 1. The molecule has 33 heavy (non-hydrogen) atoms. The molecule has 166 valence electrons. The molecule has 4 rings (SSSR count). The molecule has 2 aromatic heterocycles. The lowest BCUT2D eigenvalue weighted by atomic mass is 10.1. The molecule has 0 unspecified atom stereocenters. The van der Waals surface area contributed by atoms with Crippen LogP contribution < -0.4 is 11.1 Å². The highest BCUT2D eigenvalue weighted by atomic mass is 19.1. The summed E-state index contributed by atoms with van der Waals surface area (Å²) in [7, 11) is 0. The van der Waals surface area contributed by atoms with E-state index in [1.165, 1.54) is 12.1 Å². The molecule has 0 aliphatic rings. The summed E-state index contributed by atoms with van der Waals surface area (Å²) in [5.74, 6) is -0.385. The highest BCUT2D eigenvalue weighted by Gasteiger charge is 2.13. The van der Waals surface area contributed by atoms with Crippen molar-refractivity contribution in [1.29, 1.82) is 5.41 Å². The van der Waals surface area contributed by atoms with Gasteiger partial charge in [-0.1, -0.05) is 0 Å². The molecule has 9 heteroatoms. The maximum atomic E-state index is 13.4. The zero-order chi connectivity index (χ0) is 23.2. The van der Waals surface area contributed by atoms with E-state index in [1.54, 1.807) is 36.8 Å². The van der Waals surface area contributed by atoms with Gasteiger partial charge in [0, 0.05) is 41.9 Å². The summed E-state index contributed by atoms with van der Waals surface area (Å²) in [4.78, 5) is 25.2. The van der Waals surface area contributed by atoms with Crippen molar-refractivity contribution in [2.75, 3.05) is 6.54 Å². The van der Waals surface area contributed by atoms with Gasteiger partial charge in [-0.2, -0.15) is 0 Å². The first-order valence-corrected chi connectivity index (χ1v) is 10.3. The van der Waals surface area contributed by atoms with Gasteiger partial charge in [-0.05, 0) is 55.0 Å². The van der Waals surface area contributed by atoms with E-state index in [4.69, 9.17) is 16.1 Å². The fourth-order valence-corrected chi connectivity index (χ4v) is 3.45. The molecule has 0 saturated heterocycles. The molecule has 4 aromatic rings. The Morgan fingerprint density at radius 3 is 2.76 bits per heavy atom. The molecule has 2 heterocycles. The number of nitrogens with zero attached hydrogens (tertiary/aromatic N) is 4. The van der Waals surface area contributed by atoms with Crippen molar-refractivity contribution < 1.29 is 9.18 Å². The van der Waals surface area contributed by atoms with Crippen molar-refractivity contribution in [2.45, 2.75) is 12.8 Å². The minimum Gasteiger partial charge on any atom is -0.390 e. The van der Waals surface area contributed by atoms with Crippen LogP contribution in [0.2, 0.25) is 0 Å². The number of benzene rings is 2. The van der Waals surface area contributed by atoms with Gasteiger partial charge in [0.05, 0.1) is 29.6 Å². The first-order valence-electron chi connectivity index (χ1n) is 10.3. The van der Waals surface area contributed by atoms with Crippen LogP contribution in [0.1, 0.15) is 23.2 Å². The van der Waals surface area contributed by atoms with Crippen molar-refractivity contribution in [3.05, 3.63) is 78.6 Å². The lowest BCUT2D eigenvalue weighted by molar-refractivity contribution is 0.0953. The first kappa shape index (κ1) is 21.8. The number of nitrogens with two attached hydrogens (primary N) is 1. The van der Waals surface area contributed by atoms with Crippen molar-refractivity contribution in [3.8, 4) is 16.9 Å². The highest BCUT2D eigenvalue weighted by molar-refractivity contribution is 6.00. The summed E-state index contributed by atoms with van der Waals surface area (Å²) < 4.78 is 15.3. The predicted octanol–water partition coefficient (Wildman–Crippen LogP) is 3.70. The molecule has 0 aliphatic heterocycles. The second kappa shape index (κ2) is 9.82. The van der Waals surface area contributed by atoms with Crippen LogP contribution in [0.25, 0.3) is 27.8 Å². The maximum Gasteiger partial charge on any atom is 0.251 e. The van der Waals surface area contributed by atoms with E-state index in [-0.39, 0.29) is 17.6 Å². The molecular formula is C24H22FN7O. The quantitative estimate of drug-likeness (QED) is 0.229. The standard InChI is InChI=1S/C24H22FN7O/c25-18-6-3-16(4-7-18)20-13-22(32-11-10-28-15-32)19-8-5-17(12-21(19)31-20)24(33)29-9-1-2-23(27)30-14-26/h3-8,10-15H,1-2,9H2,(H,29,33)(H3,26,27,30). The van der Waals surface area contributed by atoms with Gasteiger partial charge < -0.3 is 15.6 Å². The zero-order valence-corrected chi connectivity index (χ0v) is 17.7. The third-order valence-corrected chi connectivity index (χ3v) is 5.08. The molecule has 4 N–H and O–H groups in total. The van der Waals surface area contributed by atoms with Crippen LogP contribution in [0.5, 0.6) is 0 Å². The lowest BCUT2D eigenvalue weighted by Crippen LogP contribution is -2.24. The number of amides is 1. The smallest absolute Gasteiger partial charge is 0.251 e. The Hall–Kier alpha value is -4.40. The molecule has 0 bridgehead atoms. The zero-order valence-electron chi connectivity index (χ0n) is 17.7. The fraction of sp³-hybridized carbons (Fsp3) is 0.125. The van der Waals surface area contributed by atoms with Crippen LogP contribution in [-0.4, -0.2) is 39.2 Å². The topological polar surface area (TPSA) is 122 Å². The Morgan fingerprint density at radius 1 is 1.21 bits per heavy atom. The molecular weight excluding hydrogens is 421 g/mol. The average molecular weight is 443 g/mol. The van der Waals surface area contributed by atoms with E-state index in [9.17, 15) is 9.18 Å². The van der Waals surface area contributed by atoms with Gasteiger partial charge in [0.15, 0.2) is 0 Å². The van der Waals surface area contributed by atoms with E-state index in [2.05, 4.69) is 15.3 Å². The van der Waals surface area contributed by atoms with Gasteiger partial charge in [0.25, 0.3) is 5.91 Å². The molecule has 0 saturated carbocycles. The molecule has 2 aromatic carbocycles. The van der Waals surface area contributed by atoms with Gasteiger partial charge in [-0.3, -0.25) is 10.2 Å². The first-order chi connectivity index (χ1) is 16.0. The number of imidazole rings is 1. The number of carbonyl (C=O) groups excluding carboxylic acids is 1. The SMILES string of the molecule is N=C(CCCNC(=O)c1ccc2c(-n3ccnc3)cc(-c3ccc(F)cc3)nc2c1)N=CN. The Kier molecular flexibility index (Phi) is 6.49. The molecule has 0 atom stereocenters. The van der Waals surface area contributed by atoms with E-state index >= 15 is 0 Å². The molecule has 8 nitrogen and oxygen atoms in total.